The summed E-state index contributed by atoms with van der Waals surface area (Å²) in [7, 11) is 3.42. The molecule has 0 aliphatic heterocycles. The molecule has 0 bridgehead atoms. The number of aryl methyl sites for hydroxylation is 1. The van der Waals surface area contributed by atoms with Gasteiger partial charge in [0.15, 0.2) is 5.82 Å². The van der Waals surface area contributed by atoms with E-state index in [4.69, 9.17) is 5.11 Å². The summed E-state index contributed by atoms with van der Waals surface area (Å²) in [5.41, 5.74) is 2.70. The van der Waals surface area contributed by atoms with Crippen LogP contribution < -0.4 is 4.90 Å². The molecule has 1 heterocycles. The Morgan fingerprint density at radius 3 is 2.86 bits per heavy atom. The third-order valence-electron chi connectivity index (χ3n) is 3.51. The Morgan fingerprint density at radius 1 is 1.45 bits per heavy atom. The van der Waals surface area contributed by atoms with E-state index in [0.29, 0.717) is 17.4 Å². The minimum absolute atomic E-state index is 0.0933. The average Bonchev–Trinajstić information content (AvgIpc) is 2.94. The van der Waals surface area contributed by atoms with Crippen molar-refractivity contribution in [1.82, 2.24) is 9.97 Å². The summed E-state index contributed by atoms with van der Waals surface area (Å²) in [6, 6.07) is 0. The number of aliphatic imine (C=N–C) groups is 1. The van der Waals surface area contributed by atoms with E-state index in [0.717, 1.165) is 30.5 Å². The van der Waals surface area contributed by atoms with Crippen LogP contribution in [0.2, 0.25) is 0 Å². The molecule has 1 aliphatic carbocycles. The number of hydrogen-bond acceptors (Lipinski definition) is 5. The van der Waals surface area contributed by atoms with Gasteiger partial charge >= 0.3 is 5.97 Å². The number of carbonyl (C=O) groups is 1. The first-order valence-corrected chi connectivity index (χ1v) is 7.15. The van der Waals surface area contributed by atoms with E-state index in [1.807, 2.05) is 0 Å². The number of fused-ring (bicyclic) bond motifs is 1. The normalized spacial score (nSPS) is 14.2. The van der Waals surface area contributed by atoms with Gasteiger partial charge in [0, 0.05) is 25.4 Å². The van der Waals surface area contributed by atoms with E-state index in [9.17, 15) is 4.79 Å². The highest BCUT2D eigenvalue weighted by Crippen LogP contribution is 2.28. The van der Waals surface area contributed by atoms with E-state index in [1.54, 1.807) is 37.2 Å². The quantitative estimate of drug-likeness (QED) is 0.638. The highest BCUT2D eigenvalue weighted by atomic mass is 16.4. The Bertz CT molecular complexity index is 650. The molecule has 0 radical (unpaired) electrons. The topological polar surface area (TPSA) is 78.7 Å². The summed E-state index contributed by atoms with van der Waals surface area (Å²) in [5.74, 6) is 0.326. The summed E-state index contributed by atoms with van der Waals surface area (Å²) in [6.07, 6.45) is 8.03. The van der Waals surface area contributed by atoms with Crippen molar-refractivity contribution in [3.8, 4) is 0 Å². The molecule has 116 valence electrons. The number of nitrogens with zero attached hydrogens (tertiary/aromatic N) is 4. The lowest BCUT2D eigenvalue weighted by atomic mass is 10.2. The summed E-state index contributed by atoms with van der Waals surface area (Å²) in [4.78, 5) is 26.0. The Kier molecular flexibility index (Phi) is 5.04. The molecule has 22 heavy (non-hydrogen) atoms. The van der Waals surface area contributed by atoms with Crippen molar-refractivity contribution in [3.63, 3.8) is 0 Å². The third kappa shape index (κ3) is 3.39. The number of hydrogen-bond donors (Lipinski definition) is 1. The van der Waals surface area contributed by atoms with Crippen LogP contribution in [-0.2, 0) is 17.6 Å². The second-order valence-electron chi connectivity index (χ2n) is 5.10. The van der Waals surface area contributed by atoms with Gasteiger partial charge in [0.1, 0.15) is 18.1 Å². The Balaban J connectivity index is 2.47. The first-order chi connectivity index (χ1) is 10.6. The number of aliphatic carboxylic acids is 1. The smallest absolute Gasteiger partial charge is 0.323 e. The number of carboxylic acids is 1. The van der Waals surface area contributed by atoms with Gasteiger partial charge in [-0.25, -0.2) is 9.97 Å². The van der Waals surface area contributed by atoms with Crippen LogP contribution in [0.4, 0.5) is 5.82 Å². The number of rotatable bonds is 6. The standard InChI is InChI=1S/C16H20N4O2/c1-4-5-8-13(17-2)15-18-12-9-6-7-11(12)16(19-15)20(3)10-14(21)22/h4-5,8H,1,6-7,9-10H2,2-3H3,(H,21,22)/b8-5-,17-13?. The van der Waals surface area contributed by atoms with Gasteiger partial charge in [-0.3, -0.25) is 9.79 Å². The molecule has 0 aromatic carbocycles. The fourth-order valence-electron chi connectivity index (χ4n) is 2.53. The zero-order valence-corrected chi connectivity index (χ0v) is 12.9. The predicted molar refractivity (Wildman–Crippen MR) is 86.8 cm³/mol. The summed E-state index contributed by atoms with van der Waals surface area (Å²) in [6.45, 7) is 3.55. The van der Waals surface area contributed by atoms with Crippen LogP contribution in [0.5, 0.6) is 0 Å². The van der Waals surface area contributed by atoms with E-state index < -0.39 is 5.97 Å². The molecule has 0 unspecified atom stereocenters. The van der Waals surface area contributed by atoms with Crippen molar-refractivity contribution in [2.45, 2.75) is 19.3 Å². The molecule has 1 aromatic rings. The van der Waals surface area contributed by atoms with Gasteiger partial charge in [-0.1, -0.05) is 18.7 Å². The molecular formula is C16H20N4O2. The van der Waals surface area contributed by atoms with Crippen molar-refractivity contribution in [3.05, 3.63) is 41.9 Å². The van der Waals surface area contributed by atoms with Crippen LogP contribution in [-0.4, -0.2) is 47.4 Å². The van der Waals surface area contributed by atoms with Gasteiger partial charge in [-0.2, -0.15) is 0 Å². The second kappa shape index (κ2) is 6.98. The molecule has 0 saturated carbocycles. The highest BCUT2D eigenvalue weighted by molar-refractivity contribution is 6.06. The molecule has 0 saturated heterocycles. The molecule has 6 nitrogen and oxygen atoms in total. The van der Waals surface area contributed by atoms with Gasteiger partial charge < -0.3 is 10.0 Å². The lowest BCUT2D eigenvalue weighted by Crippen LogP contribution is -2.28. The monoisotopic (exact) mass is 300 g/mol. The van der Waals surface area contributed by atoms with Gasteiger partial charge in [0.2, 0.25) is 0 Å². The molecule has 2 rings (SSSR count). The lowest BCUT2D eigenvalue weighted by Gasteiger charge is -2.19. The molecule has 1 N–H and O–H groups in total. The Labute approximate surface area is 129 Å². The fourth-order valence-corrected chi connectivity index (χ4v) is 2.53. The van der Waals surface area contributed by atoms with E-state index in [2.05, 4.69) is 21.5 Å². The Hall–Kier alpha value is -2.50. The average molecular weight is 300 g/mol. The number of allylic oxidation sites excluding steroid dienone is 3. The van der Waals surface area contributed by atoms with Gasteiger partial charge in [0.05, 0.1) is 0 Å². The predicted octanol–water partition coefficient (Wildman–Crippen LogP) is 1.65. The summed E-state index contributed by atoms with van der Waals surface area (Å²) < 4.78 is 0. The van der Waals surface area contributed by atoms with Crippen LogP contribution >= 0.6 is 0 Å². The minimum Gasteiger partial charge on any atom is -0.480 e. The molecule has 0 amide bonds. The Morgan fingerprint density at radius 2 is 2.23 bits per heavy atom. The zero-order chi connectivity index (χ0) is 16.1. The second-order valence-corrected chi connectivity index (χ2v) is 5.10. The summed E-state index contributed by atoms with van der Waals surface area (Å²) in [5, 5.41) is 9.00. The number of aromatic nitrogens is 2. The summed E-state index contributed by atoms with van der Waals surface area (Å²) >= 11 is 0. The van der Waals surface area contributed by atoms with Crippen LogP contribution in [0.3, 0.4) is 0 Å². The van der Waals surface area contributed by atoms with Gasteiger partial charge in [-0.05, 0) is 25.3 Å². The molecule has 0 atom stereocenters. The van der Waals surface area contributed by atoms with Crippen molar-refractivity contribution < 1.29 is 9.90 Å². The van der Waals surface area contributed by atoms with Crippen molar-refractivity contribution in [2.75, 3.05) is 25.5 Å². The van der Waals surface area contributed by atoms with E-state index in [1.165, 1.54) is 0 Å². The number of anilines is 1. The van der Waals surface area contributed by atoms with Crippen molar-refractivity contribution >= 4 is 17.5 Å². The molecule has 0 spiro atoms. The third-order valence-corrected chi connectivity index (χ3v) is 3.51. The maximum Gasteiger partial charge on any atom is 0.323 e. The largest absolute Gasteiger partial charge is 0.480 e. The zero-order valence-electron chi connectivity index (χ0n) is 12.9. The van der Waals surface area contributed by atoms with Crippen LogP contribution in [0, 0.1) is 0 Å². The SMILES string of the molecule is C=C/C=C\C(=NC)c1nc2c(c(N(C)CC(=O)O)n1)CCC2. The van der Waals surface area contributed by atoms with Crippen LogP contribution in [0.15, 0.2) is 29.8 Å². The van der Waals surface area contributed by atoms with Gasteiger partial charge in [0.25, 0.3) is 0 Å². The maximum absolute atomic E-state index is 11.0. The number of likely N-dealkylation sites (N-methyl/N-ethyl adjacent to an activating group) is 1. The van der Waals surface area contributed by atoms with Crippen LogP contribution in [0.25, 0.3) is 0 Å². The van der Waals surface area contributed by atoms with Crippen molar-refractivity contribution in [2.24, 2.45) is 4.99 Å². The van der Waals surface area contributed by atoms with E-state index in [-0.39, 0.29) is 6.54 Å². The highest BCUT2D eigenvalue weighted by Gasteiger charge is 2.23. The lowest BCUT2D eigenvalue weighted by molar-refractivity contribution is -0.135. The molecule has 0 fully saturated rings. The first kappa shape index (κ1) is 15.9. The number of carboxylic acid groups (broad SMARTS) is 1. The molecule has 1 aliphatic rings. The molecular weight excluding hydrogens is 280 g/mol. The van der Waals surface area contributed by atoms with Gasteiger partial charge in [-0.15, -0.1) is 0 Å². The van der Waals surface area contributed by atoms with Crippen molar-refractivity contribution in [1.29, 1.82) is 0 Å². The minimum atomic E-state index is -0.884. The maximum atomic E-state index is 11.0. The first-order valence-electron chi connectivity index (χ1n) is 7.15. The molecule has 1 aromatic heterocycles. The van der Waals surface area contributed by atoms with E-state index >= 15 is 0 Å². The molecule has 6 heteroatoms. The fraction of sp³-hybridized carbons (Fsp3) is 0.375. The van der Waals surface area contributed by atoms with Crippen LogP contribution in [0.1, 0.15) is 23.5 Å².